The van der Waals surface area contributed by atoms with Crippen LogP contribution in [0.25, 0.3) is 21.8 Å². The highest BCUT2D eigenvalue weighted by Crippen LogP contribution is 2.40. The molecule has 0 saturated carbocycles. The number of nitrogens with zero attached hydrogens (tertiary/aromatic N) is 1. The molecular formula is C14H13NO5. The van der Waals surface area contributed by atoms with Crippen LogP contribution in [0.1, 0.15) is 0 Å². The van der Waals surface area contributed by atoms with E-state index < -0.39 is 0 Å². The third kappa shape index (κ3) is 1.62. The minimum atomic E-state index is -0.270. The van der Waals surface area contributed by atoms with E-state index >= 15 is 0 Å². The van der Waals surface area contributed by atoms with Crippen molar-refractivity contribution >= 4 is 21.8 Å². The summed E-state index contributed by atoms with van der Waals surface area (Å²) >= 11 is 0. The molecule has 5 N–H and O–H groups in total. The molecule has 2 aromatic carbocycles. The summed E-state index contributed by atoms with van der Waals surface area (Å²) in [4.78, 5) is 0. The van der Waals surface area contributed by atoms with Crippen LogP contribution in [0.15, 0.2) is 24.3 Å². The number of benzene rings is 2. The first-order chi connectivity index (χ1) is 9.52. The zero-order valence-corrected chi connectivity index (χ0v) is 10.4. The topological polar surface area (TPSA) is 106 Å². The lowest BCUT2D eigenvalue weighted by atomic mass is 10.1. The fraction of sp³-hybridized carbons (Fsp3) is 0.143. The molecule has 104 valence electrons. The lowest BCUT2D eigenvalue weighted by Crippen LogP contribution is -2.01. The smallest absolute Gasteiger partial charge is 0.159 e. The quantitative estimate of drug-likeness (QED) is 0.457. The maximum absolute atomic E-state index is 9.62. The lowest BCUT2D eigenvalue weighted by molar-refractivity contribution is 0.279. The van der Waals surface area contributed by atoms with Crippen molar-refractivity contribution in [3.8, 4) is 23.0 Å². The maximum Gasteiger partial charge on any atom is 0.159 e. The van der Waals surface area contributed by atoms with Crippen molar-refractivity contribution < 1.29 is 25.5 Å². The third-order valence-electron chi connectivity index (χ3n) is 3.38. The highest BCUT2D eigenvalue weighted by molar-refractivity contribution is 6.10. The van der Waals surface area contributed by atoms with Gasteiger partial charge < -0.3 is 30.1 Å². The molecule has 1 aromatic heterocycles. The van der Waals surface area contributed by atoms with E-state index in [0.29, 0.717) is 21.8 Å². The van der Waals surface area contributed by atoms with Gasteiger partial charge in [0, 0.05) is 29.4 Å². The second-order valence-electron chi connectivity index (χ2n) is 4.59. The van der Waals surface area contributed by atoms with Crippen molar-refractivity contribution in [1.29, 1.82) is 0 Å². The van der Waals surface area contributed by atoms with Crippen LogP contribution in [-0.4, -0.2) is 36.7 Å². The summed E-state index contributed by atoms with van der Waals surface area (Å²) in [6.45, 7) is 0.136. The third-order valence-corrected chi connectivity index (χ3v) is 3.38. The van der Waals surface area contributed by atoms with Crippen molar-refractivity contribution in [1.82, 2.24) is 4.57 Å². The van der Waals surface area contributed by atoms with E-state index in [2.05, 4.69) is 0 Å². The summed E-state index contributed by atoms with van der Waals surface area (Å²) in [6.07, 6.45) is 0. The van der Waals surface area contributed by atoms with Crippen LogP contribution >= 0.6 is 0 Å². The average molecular weight is 275 g/mol. The predicted molar refractivity (Wildman–Crippen MR) is 73.2 cm³/mol. The lowest BCUT2D eigenvalue weighted by Gasteiger charge is -2.06. The summed E-state index contributed by atoms with van der Waals surface area (Å²) in [6, 6.07) is 5.54. The van der Waals surface area contributed by atoms with Gasteiger partial charge in [0.15, 0.2) is 23.0 Å². The van der Waals surface area contributed by atoms with Crippen molar-refractivity contribution in [2.75, 3.05) is 6.61 Å². The van der Waals surface area contributed by atoms with Crippen LogP contribution in [0.2, 0.25) is 0 Å². The van der Waals surface area contributed by atoms with Gasteiger partial charge in [0.25, 0.3) is 0 Å². The van der Waals surface area contributed by atoms with Crippen molar-refractivity contribution in [3.63, 3.8) is 0 Å². The maximum atomic E-state index is 9.62. The van der Waals surface area contributed by atoms with E-state index in [4.69, 9.17) is 5.11 Å². The second-order valence-corrected chi connectivity index (χ2v) is 4.59. The van der Waals surface area contributed by atoms with Crippen LogP contribution in [0.3, 0.4) is 0 Å². The molecule has 20 heavy (non-hydrogen) atoms. The van der Waals surface area contributed by atoms with Gasteiger partial charge >= 0.3 is 0 Å². The Balaban J connectivity index is 2.51. The molecule has 6 nitrogen and oxygen atoms in total. The van der Waals surface area contributed by atoms with E-state index in [0.717, 1.165) is 0 Å². The Hall–Kier alpha value is -2.60. The Morgan fingerprint density at radius 2 is 1.10 bits per heavy atom. The fourth-order valence-corrected chi connectivity index (χ4v) is 2.48. The molecule has 0 bridgehead atoms. The molecule has 3 aromatic rings. The number of phenolic OH excluding ortho intramolecular Hbond substituents is 4. The van der Waals surface area contributed by atoms with Crippen LogP contribution in [0, 0.1) is 0 Å². The summed E-state index contributed by atoms with van der Waals surface area (Å²) < 4.78 is 1.70. The number of aromatic nitrogens is 1. The SMILES string of the molecule is OCCn1c2cc(O)c(O)cc2c2cc(O)c(O)cc21. The zero-order chi connectivity index (χ0) is 14.4. The van der Waals surface area contributed by atoms with Crippen molar-refractivity contribution in [2.45, 2.75) is 6.54 Å². The van der Waals surface area contributed by atoms with Gasteiger partial charge in [0.05, 0.1) is 17.6 Å². The average Bonchev–Trinajstić information content (AvgIpc) is 2.66. The first-order valence-electron chi connectivity index (χ1n) is 6.03. The number of hydrogen-bond donors (Lipinski definition) is 5. The van der Waals surface area contributed by atoms with Crippen LogP contribution in [0.4, 0.5) is 0 Å². The van der Waals surface area contributed by atoms with Crippen LogP contribution < -0.4 is 0 Å². The summed E-state index contributed by atoms with van der Waals surface area (Å²) in [7, 11) is 0. The molecule has 0 aliphatic carbocycles. The Morgan fingerprint density at radius 1 is 0.700 bits per heavy atom. The van der Waals surface area contributed by atoms with E-state index in [-0.39, 0.29) is 36.1 Å². The largest absolute Gasteiger partial charge is 0.504 e. The van der Waals surface area contributed by atoms with Gasteiger partial charge in [0.1, 0.15) is 0 Å². The molecule has 0 spiro atoms. The fourth-order valence-electron chi connectivity index (χ4n) is 2.48. The molecule has 0 amide bonds. The van der Waals surface area contributed by atoms with Crippen LogP contribution in [0.5, 0.6) is 23.0 Å². The first kappa shape index (κ1) is 12.4. The molecule has 6 heteroatoms. The number of hydrogen-bond acceptors (Lipinski definition) is 5. The molecule has 0 fully saturated rings. The predicted octanol–water partition coefficient (Wildman–Crippen LogP) is 1.61. The summed E-state index contributed by atoms with van der Waals surface area (Å²) in [5.41, 5.74) is 1.18. The van der Waals surface area contributed by atoms with E-state index in [1.807, 2.05) is 0 Å². The van der Waals surface area contributed by atoms with Gasteiger partial charge in [-0.25, -0.2) is 0 Å². The zero-order valence-electron chi connectivity index (χ0n) is 10.4. The molecule has 0 unspecified atom stereocenters. The monoisotopic (exact) mass is 275 g/mol. The van der Waals surface area contributed by atoms with Gasteiger partial charge in [-0.2, -0.15) is 0 Å². The van der Waals surface area contributed by atoms with Gasteiger partial charge in [-0.1, -0.05) is 0 Å². The molecule has 0 atom stereocenters. The standard InChI is InChI=1S/C14H13NO5/c16-2-1-15-9-5-13(19)11(17)3-7(9)8-4-12(18)14(20)6-10(8)15/h3-6,16-20H,1-2H2. The van der Waals surface area contributed by atoms with Gasteiger partial charge in [-0.15, -0.1) is 0 Å². The molecule has 0 saturated heterocycles. The number of phenols is 4. The molecule has 1 heterocycles. The van der Waals surface area contributed by atoms with Crippen molar-refractivity contribution in [2.24, 2.45) is 0 Å². The second kappa shape index (κ2) is 4.21. The number of aliphatic hydroxyl groups is 1. The van der Waals surface area contributed by atoms with Crippen LogP contribution in [-0.2, 0) is 6.54 Å². The number of rotatable bonds is 2. The molecule has 3 rings (SSSR count). The Kier molecular flexibility index (Phi) is 2.62. The number of aliphatic hydroxyl groups excluding tert-OH is 1. The van der Waals surface area contributed by atoms with E-state index in [9.17, 15) is 20.4 Å². The van der Waals surface area contributed by atoms with Gasteiger partial charge in [-0.3, -0.25) is 0 Å². The Labute approximate surface area is 113 Å². The Bertz CT molecular complexity index is 756. The molecular weight excluding hydrogens is 262 g/mol. The highest BCUT2D eigenvalue weighted by Gasteiger charge is 2.15. The Morgan fingerprint density at radius 3 is 1.50 bits per heavy atom. The summed E-state index contributed by atoms with van der Waals surface area (Å²) in [5.74, 6) is -1.08. The number of aromatic hydroxyl groups is 4. The molecule has 0 radical (unpaired) electrons. The van der Waals surface area contributed by atoms with Gasteiger partial charge in [0.2, 0.25) is 0 Å². The molecule has 0 aliphatic heterocycles. The minimum absolute atomic E-state index is 0.123. The minimum Gasteiger partial charge on any atom is -0.504 e. The summed E-state index contributed by atoms with van der Waals surface area (Å²) in [5, 5.41) is 48.9. The number of fused-ring (bicyclic) bond motifs is 3. The van der Waals surface area contributed by atoms with E-state index in [1.165, 1.54) is 24.3 Å². The van der Waals surface area contributed by atoms with Gasteiger partial charge in [-0.05, 0) is 12.1 Å². The normalized spacial score (nSPS) is 11.4. The first-order valence-corrected chi connectivity index (χ1v) is 6.03. The molecule has 0 aliphatic rings. The highest BCUT2D eigenvalue weighted by atomic mass is 16.3. The van der Waals surface area contributed by atoms with E-state index in [1.54, 1.807) is 4.57 Å². The van der Waals surface area contributed by atoms with Crippen molar-refractivity contribution in [3.05, 3.63) is 24.3 Å².